The quantitative estimate of drug-likeness (QED) is 0.671. The molecule has 2 heterocycles. The molecule has 3 rings (SSSR count). The minimum atomic E-state index is -0.292. The summed E-state index contributed by atoms with van der Waals surface area (Å²) in [5, 5.41) is 0. The minimum Gasteiger partial charge on any atom is -0.495 e. The topological polar surface area (TPSA) is 62.3 Å². The zero-order chi connectivity index (χ0) is 19.2. The number of hydrogen-bond donors (Lipinski definition) is 0. The summed E-state index contributed by atoms with van der Waals surface area (Å²) >= 11 is 0. The molecular formula is C20H29N3O4. The second-order valence-electron chi connectivity index (χ2n) is 7.13. The standard InChI is InChI=1S/C20H29N3O4/c1-16(24)27-17(15-23-9-5-8-20(23)25)14-21-10-12-22(13-11-21)18-6-3-4-7-19(18)26-2/h3-4,6-7,17H,5,8-15H2,1-2H3. The van der Waals surface area contributed by atoms with Gasteiger partial charge < -0.3 is 19.3 Å². The SMILES string of the molecule is COc1ccccc1N1CCN(CC(CN2CCCC2=O)OC(C)=O)CC1. The highest BCUT2D eigenvalue weighted by atomic mass is 16.5. The van der Waals surface area contributed by atoms with Crippen molar-refractivity contribution in [3.63, 3.8) is 0 Å². The summed E-state index contributed by atoms with van der Waals surface area (Å²) in [6.45, 7) is 6.87. The van der Waals surface area contributed by atoms with Crippen LogP contribution in [0.4, 0.5) is 5.69 Å². The predicted molar refractivity (Wildman–Crippen MR) is 103 cm³/mol. The molecular weight excluding hydrogens is 346 g/mol. The Morgan fingerprint density at radius 3 is 2.48 bits per heavy atom. The molecule has 2 aliphatic heterocycles. The first kappa shape index (κ1) is 19.5. The average Bonchev–Trinajstić information content (AvgIpc) is 3.06. The Labute approximate surface area is 160 Å². The molecule has 1 atom stereocenters. The number of likely N-dealkylation sites (tertiary alicyclic amines) is 1. The molecule has 0 bridgehead atoms. The van der Waals surface area contributed by atoms with E-state index in [-0.39, 0.29) is 18.0 Å². The molecule has 1 unspecified atom stereocenters. The van der Waals surface area contributed by atoms with E-state index in [9.17, 15) is 9.59 Å². The molecule has 0 aliphatic carbocycles. The number of para-hydroxylation sites is 2. The van der Waals surface area contributed by atoms with Crippen LogP contribution in [0.15, 0.2) is 24.3 Å². The average molecular weight is 375 g/mol. The molecule has 27 heavy (non-hydrogen) atoms. The number of ether oxygens (including phenoxy) is 2. The number of carbonyl (C=O) groups is 2. The van der Waals surface area contributed by atoms with E-state index in [1.165, 1.54) is 6.92 Å². The van der Waals surface area contributed by atoms with Gasteiger partial charge in [-0.3, -0.25) is 14.5 Å². The smallest absolute Gasteiger partial charge is 0.303 e. The van der Waals surface area contributed by atoms with Gasteiger partial charge in [-0.05, 0) is 18.6 Å². The van der Waals surface area contributed by atoms with Gasteiger partial charge in [0.2, 0.25) is 5.91 Å². The van der Waals surface area contributed by atoms with Crippen LogP contribution in [-0.2, 0) is 14.3 Å². The van der Waals surface area contributed by atoms with Crippen LogP contribution in [0.1, 0.15) is 19.8 Å². The summed E-state index contributed by atoms with van der Waals surface area (Å²) < 4.78 is 11.0. The number of piperazine rings is 1. The summed E-state index contributed by atoms with van der Waals surface area (Å²) in [5.41, 5.74) is 1.11. The molecule has 1 aromatic rings. The number of methoxy groups -OCH3 is 1. The number of benzene rings is 1. The van der Waals surface area contributed by atoms with Crippen LogP contribution in [0, 0.1) is 0 Å². The van der Waals surface area contributed by atoms with Gasteiger partial charge in [-0.15, -0.1) is 0 Å². The zero-order valence-corrected chi connectivity index (χ0v) is 16.2. The van der Waals surface area contributed by atoms with Gasteiger partial charge in [0.25, 0.3) is 0 Å². The number of nitrogens with zero attached hydrogens (tertiary/aromatic N) is 3. The molecule has 148 valence electrons. The van der Waals surface area contributed by atoms with Crippen molar-refractivity contribution in [2.75, 3.05) is 57.8 Å². The van der Waals surface area contributed by atoms with Crippen molar-refractivity contribution in [1.82, 2.24) is 9.80 Å². The molecule has 2 fully saturated rings. The molecule has 2 saturated heterocycles. The maximum absolute atomic E-state index is 11.9. The molecule has 1 aromatic carbocycles. The van der Waals surface area contributed by atoms with E-state index in [1.807, 2.05) is 23.1 Å². The summed E-state index contributed by atoms with van der Waals surface area (Å²) in [7, 11) is 1.69. The van der Waals surface area contributed by atoms with Gasteiger partial charge in [0.15, 0.2) is 0 Å². The minimum absolute atomic E-state index is 0.160. The van der Waals surface area contributed by atoms with Crippen LogP contribution in [0.2, 0.25) is 0 Å². The largest absolute Gasteiger partial charge is 0.495 e. The Bertz CT molecular complexity index is 658. The highest BCUT2D eigenvalue weighted by molar-refractivity contribution is 5.78. The number of amides is 1. The molecule has 0 N–H and O–H groups in total. The Kier molecular flexibility index (Phi) is 6.55. The lowest BCUT2D eigenvalue weighted by atomic mass is 10.2. The third kappa shape index (κ3) is 5.13. The lowest BCUT2D eigenvalue weighted by molar-refractivity contribution is -0.150. The summed E-state index contributed by atoms with van der Waals surface area (Å²) in [6.07, 6.45) is 1.22. The number of carbonyl (C=O) groups excluding carboxylic acids is 2. The first-order valence-corrected chi connectivity index (χ1v) is 9.62. The second kappa shape index (κ2) is 9.08. The van der Waals surface area contributed by atoms with Crippen LogP contribution in [0.3, 0.4) is 0 Å². The Balaban J connectivity index is 1.55. The lowest BCUT2D eigenvalue weighted by Gasteiger charge is -2.38. The molecule has 7 heteroatoms. The van der Waals surface area contributed by atoms with Gasteiger partial charge >= 0.3 is 5.97 Å². The maximum atomic E-state index is 11.9. The van der Waals surface area contributed by atoms with E-state index in [0.29, 0.717) is 19.5 Å². The monoisotopic (exact) mass is 375 g/mol. The van der Waals surface area contributed by atoms with E-state index >= 15 is 0 Å². The molecule has 2 aliphatic rings. The predicted octanol–water partition coefficient (Wildman–Crippen LogP) is 1.37. The first-order chi connectivity index (χ1) is 13.1. The number of rotatable bonds is 7. The molecule has 0 radical (unpaired) electrons. The van der Waals surface area contributed by atoms with Gasteiger partial charge in [-0.25, -0.2) is 0 Å². The number of esters is 1. The van der Waals surface area contributed by atoms with Crippen molar-refractivity contribution in [3.8, 4) is 5.75 Å². The van der Waals surface area contributed by atoms with E-state index in [4.69, 9.17) is 9.47 Å². The van der Waals surface area contributed by atoms with E-state index < -0.39 is 0 Å². The van der Waals surface area contributed by atoms with E-state index in [0.717, 1.165) is 50.6 Å². The van der Waals surface area contributed by atoms with Crippen molar-refractivity contribution in [2.45, 2.75) is 25.9 Å². The normalized spacial score (nSPS) is 19.3. The van der Waals surface area contributed by atoms with Gasteiger partial charge in [-0.2, -0.15) is 0 Å². The molecule has 1 amide bonds. The van der Waals surface area contributed by atoms with Crippen molar-refractivity contribution >= 4 is 17.6 Å². The molecule has 0 saturated carbocycles. The molecule has 0 spiro atoms. The molecule has 0 aromatic heterocycles. The summed E-state index contributed by atoms with van der Waals surface area (Å²) in [6, 6.07) is 8.05. The second-order valence-corrected chi connectivity index (χ2v) is 7.13. The fourth-order valence-electron chi connectivity index (χ4n) is 3.86. The number of hydrogen-bond acceptors (Lipinski definition) is 6. The summed E-state index contributed by atoms with van der Waals surface area (Å²) in [5.74, 6) is 0.753. The van der Waals surface area contributed by atoms with Crippen LogP contribution >= 0.6 is 0 Å². The van der Waals surface area contributed by atoms with E-state index in [1.54, 1.807) is 7.11 Å². The van der Waals surface area contributed by atoms with Crippen LogP contribution in [-0.4, -0.2) is 80.7 Å². The first-order valence-electron chi connectivity index (χ1n) is 9.62. The third-order valence-corrected chi connectivity index (χ3v) is 5.19. The highest BCUT2D eigenvalue weighted by Gasteiger charge is 2.28. The van der Waals surface area contributed by atoms with Crippen LogP contribution in [0.25, 0.3) is 0 Å². The Morgan fingerprint density at radius 2 is 1.85 bits per heavy atom. The van der Waals surface area contributed by atoms with Gasteiger partial charge in [0, 0.05) is 52.6 Å². The van der Waals surface area contributed by atoms with Gasteiger partial charge in [0.05, 0.1) is 19.3 Å². The van der Waals surface area contributed by atoms with Crippen molar-refractivity contribution in [3.05, 3.63) is 24.3 Å². The fourth-order valence-corrected chi connectivity index (χ4v) is 3.86. The fraction of sp³-hybridized carbons (Fsp3) is 0.600. The van der Waals surface area contributed by atoms with Crippen molar-refractivity contribution < 1.29 is 19.1 Å². The summed E-state index contributed by atoms with van der Waals surface area (Å²) in [4.78, 5) is 29.8. The van der Waals surface area contributed by atoms with Crippen LogP contribution in [0.5, 0.6) is 5.75 Å². The Hall–Kier alpha value is -2.28. The lowest BCUT2D eigenvalue weighted by Crippen LogP contribution is -2.51. The van der Waals surface area contributed by atoms with Gasteiger partial charge in [-0.1, -0.05) is 12.1 Å². The zero-order valence-electron chi connectivity index (χ0n) is 16.2. The van der Waals surface area contributed by atoms with E-state index in [2.05, 4.69) is 15.9 Å². The van der Waals surface area contributed by atoms with Crippen molar-refractivity contribution in [2.24, 2.45) is 0 Å². The highest BCUT2D eigenvalue weighted by Crippen LogP contribution is 2.28. The third-order valence-electron chi connectivity index (χ3n) is 5.19. The van der Waals surface area contributed by atoms with Gasteiger partial charge in [0.1, 0.15) is 11.9 Å². The Morgan fingerprint density at radius 1 is 1.11 bits per heavy atom. The number of anilines is 1. The molecule has 7 nitrogen and oxygen atoms in total. The van der Waals surface area contributed by atoms with Crippen LogP contribution < -0.4 is 9.64 Å². The van der Waals surface area contributed by atoms with Crippen molar-refractivity contribution in [1.29, 1.82) is 0 Å². The maximum Gasteiger partial charge on any atom is 0.303 e.